The van der Waals surface area contributed by atoms with Gasteiger partial charge in [0.2, 0.25) is 0 Å². The van der Waals surface area contributed by atoms with E-state index in [0.717, 1.165) is 0 Å². The minimum atomic E-state index is 0.543. The Morgan fingerprint density at radius 2 is 2.50 bits per heavy atom. The number of hydrogen-bond acceptors (Lipinski definition) is 1. The van der Waals surface area contributed by atoms with Gasteiger partial charge in [0, 0.05) is 0 Å². The van der Waals surface area contributed by atoms with Gasteiger partial charge in [-0.15, -0.1) is 0 Å². The predicted molar refractivity (Wildman–Crippen MR) is 36.8 cm³/mol. The van der Waals surface area contributed by atoms with Gasteiger partial charge in [0.15, 0.2) is 0 Å². The first-order valence-electron chi connectivity index (χ1n) is 2.15. The van der Waals surface area contributed by atoms with Crippen LogP contribution in [0, 0.1) is 0 Å². The van der Waals surface area contributed by atoms with Crippen LogP contribution in [0.4, 0.5) is 0 Å². The van der Waals surface area contributed by atoms with Gasteiger partial charge in [-0.25, -0.2) is 0 Å². The van der Waals surface area contributed by atoms with Crippen molar-refractivity contribution in [3.05, 3.63) is 24.5 Å². The molecule has 1 nitrogen and oxygen atoms in total. The monoisotopic (exact) mass is 239 g/mol. The molecule has 1 aromatic rings. The summed E-state index contributed by atoms with van der Waals surface area (Å²) >= 11 is 3.13. The molecule has 3 heteroatoms. The molecule has 1 rings (SSSR count). The molecular weight excluding hydrogens is 232 g/mol. The van der Waals surface area contributed by atoms with Crippen LogP contribution in [-0.4, -0.2) is 32.3 Å². The molecule has 0 aliphatic heterocycles. The standard InChI is InChI=1S/C5H5NSe2/c7-8-5-2-1-3-6-4-5/h1-4,7H. The van der Waals surface area contributed by atoms with E-state index in [-0.39, 0.29) is 0 Å². The first-order chi connectivity index (χ1) is 3.93. The Kier molecular flexibility index (Phi) is 2.57. The Morgan fingerprint density at radius 3 is 2.88 bits per heavy atom. The van der Waals surface area contributed by atoms with Crippen molar-refractivity contribution >= 4 is 31.8 Å². The van der Waals surface area contributed by atoms with Crippen molar-refractivity contribution in [3.8, 4) is 0 Å². The molecule has 0 fully saturated rings. The minimum absolute atomic E-state index is 0.543. The topological polar surface area (TPSA) is 12.9 Å². The summed E-state index contributed by atoms with van der Waals surface area (Å²) in [4.78, 5) is 3.96. The number of rotatable bonds is 1. The summed E-state index contributed by atoms with van der Waals surface area (Å²) in [5, 5.41) is 0. The van der Waals surface area contributed by atoms with Gasteiger partial charge in [-0.05, 0) is 0 Å². The molecule has 1 aromatic heterocycles. The van der Waals surface area contributed by atoms with E-state index in [1.807, 2.05) is 12.3 Å². The van der Waals surface area contributed by atoms with E-state index in [1.54, 1.807) is 6.20 Å². The second-order valence-electron chi connectivity index (χ2n) is 1.28. The molecule has 0 atom stereocenters. The van der Waals surface area contributed by atoms with Crippen molar-refractivity contribution in [2.75, 3.05) is 0 Å². The molecule has 42 valence electrons. The Morgan fingerprint density at radius 1 is 1.62 bits per heavy atom. The Balaban J connectivity index is 2.83. The molecule has 0 N–H and O–H groups in total. The molecule has 0 saturated heterocycles. The SMILES string of the molecule is [SeH][Se]c1cccnc1. The van der Waals surface area contributed by atoms with Crippen LogP contribution < -0.4 is 4.46 Å². The zero-order valence-corrected chi connectivity index (χ0v) is 7.70. The summed E-state index contributed by atoms with van der Waals surface area (Å²) < 4.78 is 1.33. The predicted octanol–water partition coefficient (Wildman–Crippen LogP) is -0.773. The second kappa shape index (κ2) is 3.26. The molecule has 0 aromatic carbocycles. The Hall–Kier alpha value is 0.189. The quantitative estimate of drug-likeness (QED) is 0.584. The molecule has 8 heavy (non-hydrogen) atoms. The van der Waals surface area contributed by atoms with E-state index in [4.69, 9.17) is 0 Å². The second-order valence-corrected chi connectivity index (χ2v) is 4.64. The molecule has 0 amide bonds. The van der Waals surface area contributed by atoms with Crippen molar-refractivity contribution in [3.63, 3.8) is 0 Å². The molecular formula is C5H5NSe2. The van der Waals surface area contributed by atoms with Crippen molar-refractivity contribution in [1.82, 2.24) is 4.98 Å². The number of nitrogens with zero attached hydrogens (tertiary/aromatic N) is 1. The van der Waals surface area contributed by atoms with Crippen molar-refractivity contribution < 1.29 is 0 Å². The number of hydrogen-bond donors (Lipinski definition) is 0. The summed E-state index contributed by atoms with van der Waals surface area (Å²) in [5.74, 6) is 0. The molecule has 1 heterocycles. The molecule has 0 unspecified atom stereocenters. The first kappa shape index (κ1) is 6.31. The van der Waals surface area contributed by atoms with Crippen LogP contribution >= 0.6 is 0 Å². The third kappa shape index (κ3) is 1.61. The average Bonchev–Trinajstić information content (AvgIpc) is 1.90. The molecule has 0 spiro atoms. The molecule has 0 aliphatic rings. The van der Waals surface area contributed by atoms with Gasteiger partial charge < -0.3 is 0 Å². The van der Waals surface area contributed by atoms with Crippen LogP contribution in [0.2, 0.25) is 0 Å². The summed E-state index contributed by atoms with van der Waals surface area (Å²) in [7, 11) is 0. The zero-order chi connectivity index (χ0) is 5.82. The van der Waals surface area contributed by atoms with E-state index < -0.39 is 0 Å². The van der Waals surface area contributed by atoms with E-state index in [1.165, 1.54) is 4.46 Å². The third-order valence-electron chi connectivity index (χ3n) is 0.740. The van der Waals surface area contributed by atoms with Crippen LogP contribution in [0.1, 0.15) is 0 Å². The van der Waals surface area contributed by atoms with Gasteiger partial charge in [-0.2, -0.15) is 0 Å². The Bertz CT molecular complexity index is 152. The third-order valence-corrected chi connectivity index (χ3v) is 3.99. The van der Waals surface area contributed by atoms with E-state index in [0.29, 0.717) is 13.1 Å². The zero-order valence-electron chi connectivity index (χ0n) is 4.11. The fraction of sp³-hybridized carbons (Fsp3) is 0. The summed E-state index contributed by atoms with van der Waals surface area (Å²) in [5.41, 5.74) is 0. The van der Waals surface area contributed by atoms with Crippen molar-refractivity contribution in [2.24, 2.45) is 0 Å². The van der Waals surface area contributed by atoms with Crippen LogP contribution in [-0.2, 0) is 0 Å². The van der Waals surface area contributed by atoms with E-state index >= 15 is 0 Å². The van der Waals surface area contributed by atoms with Gasteiger partial charge in [0.05, 0.1) is 0 Å². The van der Waals surface area contributed by atoms with E-state index in [2.05, 4.69) is 25.2 Å². The van der Waals surface area contributed by atoms with Gasteiger partial charge >= 0.3 is 61.3 Å². The van der Waals surface area contributed by atoms with Crippen LogP contribution in [0.25, 0.3) is 0 Å². The first-order valence-corrected chi connectivity index (χ1v) is 7.75. The molecule has 0 radical (unpaired) electrons. The molecule has 0 aliphatic carbocycles. The van der Waals surface area contributed by atoms with Crippen LogP contribution in [0.5, 0.6) is 0 Å². The van der Waals surface area contributed by atoms with Crippen molar-refractivity contribution in [1.29, 1.82) is 0 Å². The Labute approximate surface area is 61.4 Å². The maximum atomic E-state index is 3.96. The van der Waals surface area contributed by atoms with Gasteiger partial charge in [-0.1, -0.05) is 0 Å². The fourth-order valence-corrected chi connectivity index (χ4v) is 2.10. The van der Waals surface area contributed by atoms with Crippen LogP contribution in [0.3, 0.4) is 0 Å². The fourth-order valence-electron chi connectivity index (χ4n) is 0.401. The van der Waals surface area contributed by atoms with E-state index in [9.17, 15) is 0 Å². The number of pyridine rings is 1. The average molecular weight is 237 g/mol. The maximum absolute atomic E-state index is 3.96. The number of aromatic nitrogens is 1. The normalized spacial score (nSPS) is 9.12. The molecule has 0 bridgehead atoms. The van der Waals surface area contributed by atoms with Gasteiger partial charge in [0.1, 0.15) is 0 Å². The van der Waals surface area contributed by atoms with Crippen molar-refractivity contribution in [2.45, 2.75) is 0 Å². The summed E-state index contributed by atoms with van der Waals surface area (Å²) in [6, 6.07) is 4.05. The summed E-state index contributed by atoms with van der Waals surface area (Å²) in [6.07, 6.45) is 3.69. The summed E-state index contributed by atoms with van der Waals surface area (Å²) in [6.45, 7) is 0. The van der Waals surface area contributed by atoms with Gasteiger partial charge in [-0.3, -0.25) is 0 Å². The molecule has 0 saturated carbocycles. The van der Waals surface area contributed by atoms with Crippen LogP contribution in [0.15, 0.2) is 24.5 Å². The van der Waals surface area contributed by atoms with Gasteiger partial charge in [0.25, 0.3) is 0 Å².